The normalized spacial score (nSPS) is 26.3. The van der Waals surface area contributed by atoms with Gasteiger partial charge in [0.05, 0.1) is 17.0 Å². The molecule has 0 aliphatic carbocycles. The van der Waals surface area contributed by atoms with E-state index in [1.807, 2.05) is 0 Å². The maximum Gasteiger partial charge on any atom is 0.411 e. The van der Waals surface area contributed by atoms with Crippen LogP contribution in [0.15, 0.2) is 6.20 Å². The van der Waals surface area contributed by atoms with E-state index in [4.69, 9.17) is 32.1 Å². The number of fused-ring (bicyclic) bond motifs is 3. The van der Waals surface area contributed by atoms with Crippen molar-refractivity contribution in [1.82, 2.24) is 19.9 Å². The second-order valence-corrected chi connectivity index (χ2v) is 9.09. The largest absolute Gasteiger partial charge is 0.444 e. The quantitative estimate of drug-likeness (QED) is 0.477. The summed E-state index contributed by atoms with van der Waals surface area (Å²) in [5.74, 6) is -0.594. The molecule has 7 nitrogen and oxygen atoms in total. The summed E-state index contributed by atoms with van der Waals surface area (Å²) in [5, 5.41) is -0.312. The summed E-state index contributed by atoms with van der Waals surface area (Å²) in [6.07, 6.45) is 1.40. The third kappa shape index (κ3) is 3.57. The van der Waals surface area contributed by atoms with Gasteiger partial charge in [-0.3, -0.25) is 4.90 Å². The predicted molar refractivity (Wildman–Crippen MR) is 109 cm³/mol. The van der Waals surface area contributed by atoms with Gasteiger partial charge in [0.15, 0.2) is 11.0 Å². The zero-order valence-corrected chi connectivity index (χ0v) is 17.7. The van der Waals surface area contributed by atoms with Gasteiger partial charge in [-0.25, -0.2) is 19.2 Å². The van der Waals surface area contributed by atoms with Crippen molar-refractivity contribution >= 4 is 46.0 Å². The van der Waals surface area contributed by atoms with Crippen LogP contribution in [0.1, 0.15) is 44.6 Å². The highest BCUT2D eigenvalue weighted by atomic mass is 35.5. The molecule has 2 aromatic heterocycles. The maximum absolute atomic E-state index is 14.6. The summed E-state index contributed by atoms with van der Waals surface area (Å²) in [4.78, 5) is 28.1. The molecule has 4 heterocycles. The molecule has 29 heavy (non-hydrogen) atoms. The minimum atomic E-state index is -2.50. The van der Waals surface area contributed by atoms with E-state index in [9.17, 15) is 9.18 Å². The predicted octanol–water partition coefficient (Wildman–Crippen LogP) is 4.45. The molecule has 2 bridgehead atoms. The van der Waals surface area contributed by atoms with E-state index in [1.54, 1.807) is 25.7 Å². The fourth-order valence-electron chi connectivity index (χ4n) is 4.00. The first-order valence-electron chi connectivity index (χ1n) is 10.7. The van der Waals surface area contributed by atoms with Gasteiger partial charge < -0.3 is 9.64 Å². The Morgan fingerprint density at radius 1 is 1.41 bits per heavy atom. The van der Waals surface area contributed by atoms with Crippen LogP contribution in [0.4, 0.5) is 15.0 Å². The summed E-state index contributed by atoms with van der Waals surface area (Å²) in [6.45, 7) is 2.89. The second-order valence-electron chi connectivity index (χ2n) is 8.40. The Morgan fingerprint density at radius 3 is 2.86 bits per heavy atom. The molecule has 2 aliphatic heterocycles. The molecule has 2 unspecified atom stereocenters. The molecule has 2 atom stereocenters. The summed E-state index contributed by atoms with van der Waals surface area (Å²) < 4.78 is 44.9. The van der Waals surface area contributed by atoms with Gasteiger partial charge in [0.25, 0.3) is 0 Å². The molecule has 10 heteroatoms. The lowest BCUT2D eigenvalue weighted by Gasteiger charge is -2.47. The number of carbonyl (C=O) groups excluding carboxylic acids is 1. The average Bonchev–Trinajstić information content (AvgIpc) is 2.91. The van der Waals surface area contributed by atoms with Crippen molar-refractivity contribution in [2.24, 2.45) is 0 Å². The van der Waals surface area contributed by atoms with Crippen LogP contribution in [0, 0.1) is 5.82 Å². The lowest BCUT2D eigenvalue weighted by molar-refractivity contribution is -0.00278. The Balaban J connectivity index is 1.80. The van der Waals surface area contributed by atoms with Crippen molar-refractivity contribution in [2.75, 3.05) is 18.0 Å². The van der Waals surface area contributed by atoms with E-state index in [-0.39, 0.29) is 46.7 Å². The van der Waals surface area contributed by atoms with E-state index in [2.05, 4.69) is 15.0 Å². The number of hydrogen-bond donors (Lipinski definition) is 0. The van der Waals surface area contributed by atoms with Gasteiger partial charge in [-0.2, -0.15) is 4.98 Å². The molecule has 2 aromatic rings. The first-order chi connectivity index (χ1) is 14.7. The fraction of sp³-hybridized carbons (Fsp3) is 0.579. The third-order valence-electron chi connectivity index (χ3n) is 5.08. The van der Waals surface area contributed by atoms with Crippen molar-refractivity contribution in [3.63, 3.8) is 0 Å². The molecule has 2 aliphatic rings. The molecule has 0 spiro atoms. The van der Waals surface area contributed by atoms with Crippen molar-refractivity contribution in [2.45, 2.75) is 57.6 Å². The number of ether oxygens (including phenoxy) is 1. The lowest BCUT2D eigenvalue weighted by atomic mass is 9.98. The SMILES string of the molecule is [2H]C([2H])([2H])C12CCC(CN(c3nc(Cl)nc4c(F)c(Cl)ncc34)C1)N2C(=O)OC(C)(C)C. The Kier molecular flexibility index (Phi) is 3.95. The molecule has 156 valence electrons. The lowest BCUT2D eigenvalue weighted by Crippen LogP contribution is -2.63. The third-order valence-corrected chi connectivity index (χ3v) is 5.52. The Hall–Kier alpha value is -1.93. The molecule has 0 aromatic carbocycles. The van der Waals surface area contributed by atoms with Crippen LogP contribution in [0.3, 0.4) is 0 Å². The Labute approximate surface area is 182 Å². The second kappa shape index (κ2) is 6.80. The van der Waals surface area contributed by atoms with Crippen LogP contribution in [0.25, 0.3) is 10.9 Å². The molecule has 0 N–H and O–H groups in total. The zero-order chi connectivity index (χ0) is 23.6. The number of anilines is 1. The van der Waals surface area contributed by atoms with Crippen molar-refractivity contribution in [3.05, 3.63) is 22.5 Å². The van der Waals surface area contributed by atoms with Gasteiger partial charge in [0.1, 0.15) is 16.9 Å². The van der Waals surface area contributed by atoms with Crippen molar-refractivity contribution in [3.8, 4) is 0 Å². The summed E-state index contributed by atoms with van der Waals surface area (Å²) in [7, 11) is 0. The van der Waals surface area contributed by atoms with Crippen LogP contribution in [0.5, 0.6) is 0 Å². The number of rotatable bonds is 1. The van der Waals surface area contributed by atoms with E-state index in [0.717, 1.165) is 0 Å². The van der Waals surface area contributed by atoms with Crippen LogP contribution in [-0.4, -0.2) is 56.2 Å². The van der Waals surface area contributed by atoms with Crippen molar-refractivity contribution in [1.29, 1.82) is 0 Å². The molecule has 2 saturated heterocycles. The minimum Gasteiger partial charge on any atom is -0.444 e. The van der Waals surface area contributed by atoms with E-state index in [0.29, 0.717) is 6.42 Å². The van der Waals surface area contributed by atoms with E-state index < -0.39 is 35.9 Å². The van der Waals surface area contributed by atoms with Gasteiger partial charge >= 0.3 is 6.09 Å². The minimum absolute atomic E-state index is 0.0636. The molecule has 0 radical (unpaired) electrons. The Bertz CT molecular complexity index is 1100. The number of carbonyl (C=O) groups is 1. The number of nitrogens with zero attached hydrogens (tertiary/aromatic N) is 5. The smallest absolute Gasteiger partial charge is 0.411 e. The highest BCUT2D eigenvalue weighted by Gasteiger charge is 2.52. The monoisotopic (exact) mass is 444 g/mol. The number of aromatic nitrogens is 3. The molecule has 1 amide bonds. The number of hydrogen-bond acceptors (Lipinski definition) is 6. The first-order valence-corrected chi connectivity index (χ1v) is 9.94. The number of amides is 1. The van der Waals surface area contributed by atoms with Crippen LogP contribution in [0.2, 0.25) is 10.4 Å². The highest BCUT2D eigenvalue weighted by Crippen LogP contribution is 2.42. The van der Waals surface area contributed by atoms with Gasteiger partial charge in [-0.1, -0.05) is 11.6 Å². The van der Waals surface area contributed by atoms with Gasteiger partial charge in [0.2, 0.25) is 5.28 Å². The molecular formula is C19H22Cl2FN5O2. The number of pyridine rings is 1. The molecular weight excluding hydrogens is 420 g/mol. The zero-order valence-electron chi connectivity index (χ0n) is 19.2. The van der Waals surface area contributed by atoms with E-state index >= 15 is 0 Å². The maximum atomic E-state index is 14.6. The van der Waals surface area contributed by atoms with Crippen LogP contribution >= 0.6 is 23.2 Å². The van der Waals surface area contributed by atoms with Gasteiger partial charge in [-0.05, 0) is 52.1 Å². The van der Waals surface area contributed by atoms with E-state index in [1.165, 1.54) is 11.1 Å². The summed E-state index contributed by atoms with van der Waals surface area (Å²) >= 11 is 11.8. The standard InChI is InChI=1S/C19H22Cl2FN5O2/c1-18(2,3)29-17(28)27-10-5-6-19(27,4)9-26(8-10)15-11-7-23-14(20)12(22)13(11)24-16(21)25-15/h7,10H,5-6,8-9H2,1-4H3/i4D3. The molecule has 2 fully saturated rings. The summed E-state index contributed by atoms with van der Waals surface area (Å²) in [5.41, 5.74) is -2.38. The van der Waals surface area contributed by atoms with Crippen LogP contribution < -0.4 is 4.90 Å². The fourth-order valence-corrected chi connectivity index (χ4v) is 4.30. The van der Waals surface area contributed by atoms with Gasteiger partial charge in [0, 0.05) is 23.4 Å². The van der Waals surface area contributed by atoms with Crippen molar-refractivity contribution < 1.29 is 18.0 Å². The summed E-state index contributed by atoms with van der Waals surface area (Å²) in [6, 6.07) is -0.437. The number of halogens is 3. The topological polar surface area (TPSA) is 71.5 Å². The van der Waals surface area contributed by atoms with Gasteiger partial charge in [-0.15, -0.1) is 0 Å². The van der Waals surface area contributed by atoms with Crippen LogP contribution in [-0.2, 0) is 4.74 Å². The Morgan fingerprint density at radius 2 is 2.17 bits per heavy atom. The first kappa shape index (κ1) is 16.8. The molecule has 0 saturated carbocycles. The molecule has 4 rings (SSSR count). The highest BCUT2D eigenvalue weighted by molar-refractivity contribution is 6.30. The number of piperazine rings is 1. The average molecular weight is 445 g/mol.